The van der Waals surface area contributed by atoms with Crippen molar-refractivity contribution in [3.8, 4) is 23.0 Å². The first-order valence-corrected chi connectivity index (χ1v) is 17.3. The van der Waals surface area contributed by atoms with Gasteiger partial charge in [0, 0.05) is 63.3 Å². The predicted molar refractivity (Wildman–Crippen MR) is 208 cm³/mol. The molecular formula is C40H48N4O7. The van der Waals surface area contributed by atoms with Crippen molar-refractivity contribution in [2.24, 2.45) is 0 Å². The van der Waals surface area contributed by atoms with Crippen molar-refractivity contribution in [3.63, 3.8) is 0 Å². The fourth-order valence-corrected chi connectivity index (χ4v) is 8.05. The number of anilines is 2. The number of ether oxygens (including phenoxy) is 4. The van der Waals surface area contributed by atoms with Gasteiger partial charge in [0.25, 0.3) is 0 Å². The molecule has 0 radical (unpaired) electrons. The number of hydrogen-bond donors (Lipinski definition) is 2. The Morgan fingerprint density at radius 2 is 1.14 bits per heavy atom. The SMILES string of the molecule is COc1c(NCCCN(C)C)c2c(=O)cc(OC)c3c4c(OC)cc(=O)c5c(NCCCN(C)C)c(OC)c6c(c(c1C=C(C)C6C(C)=O)c23)c54. The maximum Gasteiger partial charge on any atom is 0.192 e. The predicted octanol–water partition coefficient (Wildman–Crippen LogP) is 5.75. The number of nitrogens with zero attached hydrogens (tertiary/aromatic N) is 2. The van der Waals surface area contributed by atoms with E-state index in [0.29, 0.717) is 102 Å². The lowest BCUT2D eigenvalue weighted by Gasteiger charge is -2.27. The molecule has 270 valence electrons. The van der Waals surface area contributed by atoms with Crippen LogP contribution in [0.2, 0.25) is 0 Å². The Bertz CT molecular complexity index is 2320. The van der Waals surface area contributed by atoms with E-state index in [1.165, 1.54) is 26.4 Å². The second-order valence-corrected chi connectivity index (χ2v) is 13.9. The molecular weight excluding hydrogens is 648 g/mol. The first-order valence-electron chi connectivity index (χ1n) is 17.3. The average molecular weight is 697 g/mol. The summed E-state index contributed by atoms with van der Waals surface area (Å²) < 4.78 is 24.4. The molecule has 2 N–H and O–H groups in total. The van der Waals surface area contributed by atoms with Gasteiger partial charge in [0.2, 0.25) is 0 Å². The first-order chi connectivity index (χ1) is 24.4. The van der Waals surface area contributed by atoms with E-state index in [9.17, 15) is 14.4 Å². The third-order valence-electron chi connectivity index (χ3n) is 10.0. The molecule has 5 aromatic rings. The molecule has 6 rings (SSSR count). The second-order valence-electron chi connectivity index (χ2n) is 13.9. The van der Waals surface area contributed by atoms with Gasteiger partial charge in [-0.05, 0) is 73.4 Å². The van der Waals surface area contributed by atoms with E-state index < -0.39 is 5.92 Å². The van der Waals surface area contributed by atoms with E-state index in [1.807, 2.05) is 41.2 Å². The maximum atomic E-state index is 14.4. The zero-order chi connectivity index (χ0) is 36.9. The normalized spacial score (nSPS) is 14.3. The number of hydrogen-bond acceptors (Lipinski definition) is 11. The Morgan fingerprint density at radius 3 is 1.57 bits per heavy atom. The zero-order valence-electron chi connectivity index (χ0n) is 31.3. The summed E-state index contributed by atoms with van der Waals surface area (Å²) in [5.41, 5.74) is 2.68. The van der Waals surface area contributed by atoms with Gasteiger partial charge in [-0.1, -0.05) is 11.6 Å². The first kappa shape index (κ1) is 35.9. The molecule has 0 fully saturated rings. The van der Waals surface area contributed by atoms with E-state index in [0.717, 1.165) is 31.5 Å². The Hall–Kier alpha value is -4.87. The van der Waals surface area contributed by atoms with Gasteiger partial charge < -0.3 is 39.4 Å². The van der Waals surface area contributed by atoms with Gasteiger partial charge >= 0.3 is 0 Å². The van der Waals surface area contributed by atoms with Gasteiger partial charge in [-0.25, -0.2) is 0 Å². The molecule has 51 heavy (non-hydrogen) atoms. The Morgan fingerprint density at radius 1 is 0.667 bits per heavy atom. The quantitative estimate of drug-likeness (QED) is 0.0792. The molecule has 1 atom stereocenters. The molecule has 1 aliphatic rings. The van der Waals surface area contributed by atoms with Crippen LogP contribution in [0.5, 0.6) is 23.0 Å². The van der Waals surface area contributed by atoms with Gasteiger partial charge in [0.05, 0.1) is 56.5 Å². The van der Waals surface area contributed by atoms with Crippen molar-refractivity contribution >= 4 is 66.3 Å². The Labute approximate surface area is 297 Å². The molecule has 1 unspecified atom stereocenters. The van der Waals surface area contributed by atoms with Crippen LogP contribution in [0.1, 0.15) is 43.7 Å². The van der Waals surface area contributed by atoms with Crippen molar-refractivity contribution < 1.29 is 23.7 Å². The fourth-order valence-electron chi connectivity index (χ4n) is 8.05. The van der Waals surface area contributed by atoms with E-state index in [1.54, 1.807) is 21.1 Å². The molecule has 5 aromatic carbocycles. The van der Waals surface area contributed by atoms with Gasteiger partial charge in [0.15, 0.2) is 16.6 Å². The number of allylic oxidation sites excluding steroid dienone is 1. The van der Waals surface area contributed by atoms with Crippen LogP contribution in [0, 0.1) is 0 Å². The third kappa shape index (κ3) is 5.72. The van der Waals surface area contributed by atoms with Crippen molar-refractivity contribution in [1.29, 1.82) is 0 Å². The summed E-state index contributed by atoms with van der Waals surface area (Å²) in [5.74, 6) is 0.786. The highest BCUT2D eigenvalue weighted by molar-refractivity contribution is 6.40. The number of nitrogens with one attached hydrogen (secondary N) is 2. The number of rotatable bonds is 15. The summed E-state index contributed by atoms with van der Waals surface area (Å²) in [7, 11) is 14.3. The lowest BCUT2D eigenvalue weighted by Crippen LogP contribution is -2.19. The van der Waals surface area contributed by atoms with E-state index >= 15 is 0 Å². The summed E-state index contributed by atoms with van der Waals surface area (Å²) in [5, 5.41) is 11.8. The molecule has 0 amide bonds. The number of Topliss-reactive ketones (excluding diaryl/α,β-unsaturated/α-hetero) is 1. The Kier molecular flexibility index (Phi) is 9.89. The summed E-state index contributed by atoms with van der Waals surface area (Å²) in [4.78, 5) is 46.8. The number of methoxy groups -OCH3 is 4. The van der Waals surface area contributed by atoms with Crippen molar-refractivity contribution in [1.82, 2.24) is 9.80 Å². The number of carbonyl (C=O) groups is 1. The minimum absolute atomic E-state index is 0.0889. The molecule has 0 saturated carbocycles. The topological polar surface area (TPSA) is 119 Å². The van der Waals surface area contributed by atoms with E-state index in [-0.39, 0.29) is 16.6 Å². The zero-order valence-corrected chi connectivity index (χ0v) is 31.3. The Balaban J connectivity index is 1.94. The number of ketones is 1. The van der Waals surface area contributed by atoms with Crippen LogP contribution >= 0.6 is 0 Å². The summed E-state index contributed by atoms with van der Waals surface area (Å²) >= 11 is 0. The van der Waals surface area contributed by atoms with Gasteiger partial charge in [-0.3, -0.25) is 14.4 Å². The summed E-state index contributed by atoms with van der Waals surface area (Å²) in [6, 6.07) is 2.99. The van der Waals surface area contributed by atoms with Crippen LogP contribution in [-0.2, 0) is 4.79 Å². The van der Waals surface area contributed by atoms with Crippen molar-refractivity contribution in [2.45, 2.75) is 32.6 Å². The lowest BCUT2D eigenvalue weighted by molar-refractivity contribution is -0.117. The third-order valence-corrected chi connectivity index (χ3v) is 10.0. The van der Waals surface area contributed by atoms with Crippen LogP contribution < -0.4 is 40.4 Å². The number of fused-ring (bicyclic) bond motifs is 1. The standard InChI is InChI=1S/C40H48N4O7/c1-20-17-22-28-33-29(37(39(22)50-9)41-13-11-15-43(3)4)23(46)18-25(48-7)31(33)32-26(49-8)19-24(47)30-35(32)34(28)36(27(20)21(2)45)40(51-10)38(30)42-14-12-16-44(5)6/h17-19,27,41-42H,11-16H2,1-10H3. The molecule has 11 heteroatoms. The van der Waals surface area contributed by atoms with Crippen LogP contribution in [-0.4, -0.2) is 98.4 Å². The molecule has 11 nitrogen and oxygen atoms in total. The molecule has 0 heterocycles. The van der Waals surface area contributed by atoms with Crippen LogP contribution in [0.3, 0.4) is 0 Å². The maximum absolute atomic E-state index is 14.4. The van der Waals surface area contributed by atoms with Crippen molar-refractivity contribution in [2.75, 3.05) is 93.4 Å². The average Bonchev–Trinajstić information content (AvgIpc) is 3.21. The molecule has 0 saturated heterocycles. The summed E-state index contributed by atoms with van der Waals surface area (Å²) in [6.45, 7) is 6.32. The highest BCUT2D eigenvalue weighted by atomic mass is 16.5. The van der Waals surface area contributed by atoms with Crippen molar-refractivity contribution in [3.05, 3.63) is 49.3 Å². The largest absolute Gasteiger partial charge is 0.496 e. The minimum atomic E-state index is -0.724. The van der Waals surface area contributed by atoms with Gasteiger partial charge in [-0.15, -0.1) is 0 Å². The van der Waals surface area contributed by atoms with Crippen LogP contribution in [0.25, 0.3) is 49.2 Å². The lowest BCUT2D eigenvalue weighted by atomic mass is 9.80. The number of carbonyl (C=O) groups excluding carboxylic acids is 1. The van der Waals surface area contributed by atoms with Crippen LogP contribution in [0.4, 0.5) is 11.4 Å². The van der Waals surface area contributed by atoms with Crippen LogP contribution in [0.15, 0.2) is 27.3 Å². The molecule has 0 aliphatic heterocycles. The van der Waals surface area contributed by atoms with E-state index in [2.05, 4.69) is 20.4 Å². The monoisotopic (exact) mass is 696 g/mol. The molecule has 1 aliphatic carbocycles. The highest BCUT2D eigenvalue weighted by Gasteiger charge is 2.37. The van der Waals surface area contributed by atoms with Gasteiger partial charge in [-0.2, -0.15) is 0 Å². The highest BCUT2D eigenvalue weighted by Crippen LogP contribution is 2.58. The molecule has 0 bridgehead atoms. The fraction of sp³-hybridized carbons (Fsp3) is 0.425. The molecule has 0 spiro atoms. The second kappa shape index (κ2) is 14.0. The van der Waals surface area contributed by atoms with E-state index in [4.69, 9.17) is 18.9 Å². The minimum Gasteiger partial charge on any atom is -0.496 e. The molecule has 0 aromatic heterocycles. The van der Waals surface area contributed by atoms with Gasteiger partial charge in [0.1, 0.15) is 23.0 Å². The number of benzene rings is 5. The summed E-state index contributed by atoms with van der Waals surface area (Å²) in [6.07, 6.45) is 3.60. The smallest absolute Gasteiger partial charge is 0.192 e.